The van der Waals surface area contributed by atoms with Crippen LogP contribution in [0.15, 0.2) is 24.3 Å². The van der Waals surface area contributed by atoms with Crippen LogP contribution in [0, 0.1) is 5.92 Å². The molecule has 0 spiro atoms. The van der Waals surface area contributed by atoms with Crippen LogP contribution in [0.2, 0.25) is 10.0 Å². The van der Waals surface area contributed by atoms with Crippen molar-refractivity contribution in [3.63, 3.8) is 0 Å². The van der Waals surface area contributed by atoms with Gasteiger partial charge in [-0.2, -0.15) is 0 Å². The molecule has 7 heteroatoms. The molecule has 0 aliphatic carbocycles. The average molecular weight is 438 g/mol. The van der Waals surface area contributed by atoms with Crippen LogP contribution in [0.5, 0.6) is 0 Å². The van der Waals surface area contributed by atoms with Crippen molar-refractivity contribution in [1.29, 1.82) is 0 Å². The Hall–Kier alpha value is -1.56. The molecule has 2 aliphatic rings. The summed E-state index contributed by atoms with van der Waals surface area (Å²) < 4.78 is 0. The van der Waals surface area contributed by atoms with E-state index in [-0.39, 0.29) is 18.0 Å². The Morgan fingerprint density at radius 3 is 2.52 bits per heavy atom. The van der Waals surface area contributed by atoms with Gasteiger partial charge in [-0.05, 0) is 49.5 Å². The van der Waals surface area contributed by atoms with Crippen molar-refractivity contribution in [2.75, 3.05) is 32.7 Å². The third-order valence-electron chi connectivity index (χ3n) is 6.00. The number of nitrogens with zero attached hydrogens (tertiary/aromatic N) is 3. The van der Waals surface area contributed by atoms with Gasteiger partial charge in [-0.25, -0.2) is 0 Å². The third-order valence-corrected chi connectivity index (χ3v) is 6.74. The quantitative estimate of drug-likeness (QED) is 0.664. The molecule has 1 unspecified atom stereocenters. The first-order valence-electron chi connectivity index (χ1n) is 10.3. The molecule has 0 bridgehead atoms. The lowest BCUT2D eigenvalue weighted by Gasteiger charge is -2.40. The van der Waals surface area contributed by atoms with Crippen molar-refractivity contribution in [2.45, 2.75) is 39.3 Å². The van der Waals surface area contributed by atoms with E-state index in [4.69, 9.17) is 23.2 Å². The molecule has 29 heavy (non-hydrogen) atoms. The highest BCUT2D eigenvalue weighted by Crippen LogP contribution is 2.23. The lowest BCUT2D eigenvalue weighted by atomic mass is 9.99. The Balaban J connectivity index is 1.59. The fraction of sp³-hybridized carbons (Fsp3) is 0.545. The molecule has 0 saturated carbocycles. The predicted molar refractivity (Wildman–Crippen MR) is 118 cm³/mol. The van der Waals surface area contributed by atoms with Crippen molar-refractivity contribution in [3.05, 3.63) is 39.9 Å². The summed E-state index contributed by atoms with van der Waals surface area (Å²) in [7, 11) is 0. The van der Waals surface area contributed by atoms with E-state index >= 15 is 0 Å². The molecular formula is C22H29Cl2N3O2. The molecular weight excluding hydrogens is 409 g/mol. The fourth-order valence-corrected chi connectivity index (χ4v) is 4.25. The van der Waals surface area contributed by atoms with Crippen LogP contribution >= 0.6 is 23.2 Å². The summed E-state index contributed by atoms with van der Waals surface area (Å²) in [5, 5.41) is 0.942. The monoisotopic (exact) mass is 437 g/mol. The van der Waals surface area contributed by atoms with Gasteiger partial charge in [0, 0.05) is 45.2 Å². The van der Waals surface area contributed by atoms with Gasteiger partial charge in [0.2, 0.25) is 11.8 Å². The molecule has 1 atom stereocenters. The maximum atomic E-state index is 12.7. The maximum Gasteiger partial charge on any atom is 0.246 e. The molecule has 2 heterocycles. The predicted octanol–water partition coefficient (Wildman–Crippen LogP) is 4.15. The Morgan fingerprint density at radius 2 is 1.83 bits per heavy atom. The van der Waals surface area contributed by atoms with Gasteiger partial charge < -0.3 is 9.80 Å². The Morgan fingerprint density at radius 1 is 1.10 bits per heavy atom. The van der Waals surface area contributed by atoms with Crippen LogP contribution in [-0.4, -0.2) is 65.4 Å². The second kappa shape index (κ2) is 9.96. The van der Waals surface area contributed by atoms with Gasteiger partial charge in [-0.15, -0.1) is 0 Å². The van der Waals surface area contributed by atoms with Crippen LogP contribution in [-0.2, 0) is 9.59 Å². The zero-order valence-electron chi connectivity index (χ0n) is 17.1. The molecule has 0 aromatic heterocycles. The second-order valence-electron chi connectivity index (χ2n) is 8.02. The summed E-state index contributed by atoms with van der Waals surface area (Å²) >= 11 is 12.0. The lowest BCUT2D eigenvalue weighted by Crippen LogP contribution is -2.52. The van der Waals surface area contributed by atoms with E-state index in [9.17, 15) is 9.59 Å². The molecule has 5 nitrogen and oxygen atoms in total. The Kier molecular flexibility index (Phi) is 7.60. The van der Waals surface area contributed by atoms with Gasteiger partial charge in [0.05, 0.1) is 16.2 Å². The van der Waals surface area contributed by atoms with Crippen LogP contribution in [0.1, 0.15) is 38.7 Å². The Labute approximate surface area is 183 Å². The SMILES string of the molecule is CC1CCN(C(C)N2CCN(C(=O)/C=C/c3ccc(Cl)c(Cl)c3)CCC2=O)CC1. The van der Waals surface area contributed by atoms with E-state index in [2.05, 4.69) is 18.7 Å². The maximum absolute atomic E-state index is 12.7. The van der Waals surface area contributed by atoms with Gasteiger partial charge in [0.1, 0.15) is 0 Å². The number of carbonyl (C=O) groups is 2. The van der Waals surface area contributed by atoms with E-state index in [0.717, 1.165) is 24.6 Å². The summed E-state index contributed by atoms with van der Waals surface area (Å²) in [5.41, 5.74) is 0.813. The number of hydrogen-bond acceptors (Lipinski definition) is 3. The zero-order chi connectivity index (χ0) is 21.0. The molecule has 2 aliphatic heterocycles. The van der Waals surface area contributed by atoms with Gasteiger partial charge >= 0.3 is 0 Å². The third kappa shape index (κ3) is 5.74. The standard InChI is InChI=1S/C22H29Cl2N3O2/c1-16-7-10-25(11-8-16)17(2)27-14-13-26(12-9-22(27)29)21(28)6-4-18-3-5-19(23)20(24)15-18/h3-6,15-17H,7-14H2,1-2H3/b6-4+. The van der Waals surface area contributed by atoms with Gasteiger partial charge in [0.25, 0.3) is 0 Å². The minimum absolute atomic E-state index is 0.0804. The summed E-state index contributed by atoms with van der Waals surface area (Å²) in [6.07, 6.45) is 6.06. The first-order valence-corrected chi connectivity index (χ1v) is 11.1. The molecule has 1 aromatic carbocycles. The minimum atomic E-state index is -0.0924. The fourth-order valence-electron chi connectivity index (χ4n) is 3.94. The van der Waals surface area contributed by atoms with Crippen molar-refractivity contribution < 1.29 is 9.59 Å². The number of benzene rings is 1. The van der Waals surface area contributed by atoms with Gasteiger partial charge in [-0.3, -0.25) is 14.5 Å². The molecule has 2 saturated heterocycles. The normalized spacial score (nSPS) is 20.9. The van der Waals surface area contributed by atoms with Crippen LogP contribution < -0.4 is 0 Å². The van der Waals surface area contributed by atoms with Gasteiger partial charge in [0.15, 0.2) is 0 Å². The number of amides is 2. The molecule has 3 rings (SSSR count). The van der Waals surface area contributed by atoms with Crippen LogP contribution in [0.4, 0.5) is 0 Å². The summed E-state index contributed by atoms with van der Waals surface area (Å²) in [6.45, 7) is 8.01. The van der Waals surface area contributed by atoms with Gasteiger partial charge in [-0.1, -0.05) is 36.2 Å². The number of likely N-dealkylation sites (tertiary alicyclic amines) is 1. The average Bonchev–Trinajstić information content (AvgIpc) is 2.90. The van der Waals surface area contributed by atoms with E-state index in [1.165, 1.54) is 18.9 Å². The molecule has 2 amide bonds. The number of piperidine rings is 1. The largest absolute Gasteiger partial charge is 0.337 e. The number of rotatable bonds is 4. The van der Waals surface area contributed by atoms with Crippen LogP contribution in [0.3, 0.4) is 0 Å². The summed E-state index contributed by atoms with van der Waals surface area (Å²) in [5.74, 6) is 0.791. The Bertz CT molecular complexity index is 775. The summed E-state index contributed by atoms with van der Waals surface area (Å²) in [4.78, 5) is 31.4. The minimum Gasteiger partial charge on any atom is -0.337 e. The first kappa shape index (κ1) is 22.1. The highest BCUT2D eigenvalue weighted by molar-refractivity contribution is 6.42. The van der Waals surface area contributed by atoms with Crippen molar-refractivity contribution in [3.8, 4) is 0 Å². The van der Waals surface area contributed by atoms with Crippen molar-refractivity contribution in [1.82, 2.24) is 14.7 Å². The number of hydrogen-bond donors (Lipinski definition) is 0. The zero-order valence-corrected chi connectivity index (χ0v) is 18.6. The number of halogens is 2. The molecule has 1 aromatic rings. The van der Waals surface area contributed by atoms with Crippen molar-refractivity contribution >= 4 is 41.1 Å². The molecule has 0 N–H and O–H groups in total. The summed E-state index contributed by atoms with van der Waals surface area (Å²) in [6, 6.07) is 5.24. The van der Waals surface area contributed by atoms with E-state index < -0.39 is 0 Å². The van der Waals surface area contributed by atoms with Crippen molar-refractivity contribution in [2.24, 2.45) is 5.92 Å². The molecule has 2 fully saturated rings. The van der Waals surface area contributed by atoms with Crippen LogP contribution in [0.25, 0.3) is 6.08 Å². The number of carbonyl (C=O) groups excluding carboxylic acids is 2. The van der Waals surface area contributed by atoms with E-state index in [1.54, 1.807) is 23.1 Å². The topological polar surface area (TPSA) is 43.9 Å². The molecule has 0 radical (unpaired) electrons. The first-order chi connectivity index (χ1) is 13.8. The second-order valence-corrected chi connectivity index (χ2v) is 8.83. The smallest absolute Gasteiger partial charge is 0.246 e. The lowest BCUT2D eigenvalue weighted by molar-refractivity contribution is -0.136. The highest BCUT2D eigenvalue weighted by Gasteiger charge is 2.30. The van der Waals surface area contributed by atoms with E-state index in [0.29, 0.717) is 36.1 Å². The van der Waals surface area contributed by atoms with E-state index in [1.807, 2.05) is 11.0 Å². The highest BCUT2D eigenvalue weighted by atomic mass is 35.5. The molecule has 158 valence electrons.